The number of nitriles is 1. The largest absolute Gasteiger partial charge is 0.424 e. The molecule has 0 saturated carbocycles. The van der Waals surface area contributed by atoms with Crippen molar-refractivity contribution in [1.29, 1.82) is 5.26 Å². The molecule has 84 valence electrons. The van der Waals surface area contributed by atoms with E-state index in [0.29, 0.717) is 17.0 Å². The van der Waals surface area contributed by atoms with Gasteiger partial charge in [-0.3, -0.25) is 0 Å². The summed E-state index contributed by atoms with van der Waals surface area (Å²) in [7, 11) is 0. The van der Waals surface area contributed by atoms with E-state index in [4.69, 9.17) is 15.7 Å². The van der Waals surface area contributed by atoms with Crippen LogP contribution in [-0.2, 0) is 0 Å². The van der Waals surface area contributed by atoms with Gasteiger partial charge in [-0.2, -0.15) is 5.26 Å². The predicted octanol–water partition coefficient (Wildman–Crippen LogP) is 2.03. The van der Waals surface area contributed by atoms with Crippen LogP contribution in [0.5, 0.6) is 11.8 Å². The Bertz CT molecular complexity index is 572. The zero-order chi connectivity index (χ0) is 12.3. The Labute approximate surface area is 98.5 Å². The Morgan fingerprint density at radius 3 is 2.65 bits per heavy atom. The Balaban J connectivity index is 2.29. The molecule has 5 nitrogen and oxygen atoms in total. The number of ether oxygens (including phenoxy) is 1. The fraction of sp³-hybridized carbons (Fsp3) is 0.0833. The molecule has 1 aromatic carbocycles. The standard InChI is InChI=1S/C12H10N4O/c1-8-2-3-9(5-13)4-11(8)17-12-15-6-10(14)7-16-12/h2-4,6-7H,14H2,1H3. The molecule has 0 aliphatic heterocycles. The molecule has 0 aliphatic carbocycles. The molecule has 0 spiro atoms. The van der Waals surface area contributed by atoms with Crippen molar-refractivity contribution in [1.82, 2.24) is 9.97 Å². The van der Waals surface area contributed by atoms with Crippen LogP contribution in [0, 0.1) is 18.3 Å². The van der Waals surface area contributed by atoms with E-state index >= 15 is 0 Å². The van der Waals surface area contributed by atoms with E-state index in [2.05, 4.69) is 9.97 Å². The third-order valence-electron chi connectivity index (χ3n) is 2.17. The summed E-state index contributed by atoms with van der Waals surface area (Å²) >= 11 is 0. The molecule has 0 unspecified atom stereocenters. The van der Waals surface area contributed by atoms with Crippen LogP contribution in [0.3, 0.4) is 0 Å². The molecule has 0 fully saturated rings. The molecule has 1 heterocycles. The lowest BCUT2D eigenvalue weighted by atomic mass is 10.1. The van der Waals surface area contributed by atoms with E-state index in [1.807, 2.05) is 19.1 Å². The minimum Gasteiger partial charge on any atom is -0.424 e. The SMILES string of the molecule is Cc1ccc(C#N)cc1Oc1ncc(N)cn1. The van der Waals surface area contributed by atoms with Crippen molar-refractivity contribution in [3.8, 4) is 17.8 Å². The smallest absolute Gasteiger partial charge is 0.322 e. The van der Waals surface area contributed by atoms with Crippen molar-refractivity contribution in [2.75, 3.05) is 5.73 Å². The lowest BCUT2D eigenvalue weighted by Crippen LogP contribution is -1.95. The molecule has 2 rings (SSSR count). The first-order valence-electron chi connectivity index (χ1n) is 4.95. The first-order valence-corrected chi connectivity index (χ1v) is 4.95. The molecular weight excluding hydrogens is 216 g/mol. The summed E-state index contributed by atoms with van der Waals surface area (Å²) in [5.74, 6) is 0.564. The zero-order valence-electron chi connectivity index (χ0n) is 9.21. The fourth-order valence-corrected chi connectivity index (χ4v) is 1.26. The van der Waals surface area contributed by atoms with Crippen LogP contribution in [0.2, 0.25) is 0 Å². The first-order chi connectivity index (χ1) is 8.19. The Morgan fingerprint density at radius 1 is 1.29 bits per heavy atom. The molecule has 17 heavy (non-hydrogen) atoms. The van der Waals surface area contributed by atoms with Crippen LogP contribution in [0.25, 0.3) is 0 Å². The molecule has 0 aliphatic rings. The Kier molecular flexibility index (Phi) is 2.88. The number of nitrogens with zero attached hydrogens (tertiary/aromatic N) is 3. The van der Waals surface area contributed by atoms with Crippen molar-refractivity contribution in [3.63, 3.8) is 0 Å². The van der Waals surface area contributed by atoms with E-state index < -0.39 is 0 Å². The van der Waals surface area contributed by atoms with Gasteiger partial charge in [-0.25, -0.2) is 9.97 Å². The van der Waals surface area contributed by atoms with Gasteiger partial charge < -0.3 is 10.5 Å². The zero-order valence-corrected chi connectivity index (χ0v) is 9.21. The Morgan fingerprint density at radius 2 is 2.00 bits per heavy atom. The van der Waals surface area contributed by atoms with E-state index in [9.17, 15) is 0 Å². The molecule has 1 aromatic heterocycles. The molecule has 0 saturated heterocycles. The number of hydrogen-bond acceptors (Lipinski definition) is 5. The second-order valence-corrected chi connectivity index (χ2v) is 3.49. The van der Waals surface area contributed by atoms with Crippen molar-refractivity contribution in [2.45, 2.75) is 6.92 Å². The number of nitrogen functional groups attached to an aromatic ring is 1. The average molecular weight is 226 g/mol. The van der Waals surface area contributed by atoms with Gasteiger partial charge in [0.2, 0.25) is 0 Å². The number of anilines is 1. The number of hydrogen-bond donors (Lipinski definition) is 1. The number of aryl methyl sites for hydroxylation is 1. The number of nitrogens with two attached hydrogens (primary N) is 1. The highest BCUT2D eigenvalue weighted by molar-refractivity contribution is 5.43. The lowest BCUT2D eigenvalue weighted by Gasteiger charge is -2.06. The minimum atomic E-state index is 0.206. The second-order valence-electron chi connectivity index (χ2n) is 3.49. The van der Waals surface area contributed by atoms with E-state index in [0.717, 1.165) is 5.56 Å². The normalized spacial score (nSPS) is 9.65. The van der Waals surface area contributed by atoms with Gasteiger partial charge in [-0.15, -0.1) is 0 Å². The van der Waals surface area contributed by atoms with Gasteiger partial charge >= 0.3 is 6.01 Å². The van der Waals surface area contributed by atoms with Crippen molar-refractivity contribution in [3.05, 3.63) is 41.7 Å². The van der Waals surface area contributed by atoms with E-state index in [-0.39, 0.29) is 6.01 Å². The number of rotatable bonds is 2. The average Bonchev–Trinajstić information content (AvgIpc) is 2.35. The van der Waals surface area contributed by atoms with Gasteiger partial charge in [-0.05, 0) is 24.6 Å². The van der Waals surface area contributed by atoms with Crippen LogP contribution in [0.4, 0.5) is 5.69 Å². The molecule has 0 atom stereocenters. The van der Waals surface area contributed by atoms with Crippen LogP contribution < -0.4 is 10.5 Å². The minimum absolute atomic E-state index is 0.206. The van der Waals surface area contributed by atoms with Crippen LogP contribution in [0.15, 0.2) is 30.6 Å². The lowest BCUT2D eigenvalue weighted by molar-refractivity contribution is 0.439. The quantitative estimate of drug-likeness (QED) is 0.846. The molecule has 2 N–H and O–H groups in total. The summed E-state index contributed by atoms with van der Waals surface area (Å²) in [5.41, 5.74) is 7.38. The summed E-state index contributed by atoms with van der Waals surface area (Å²) in [4.78, 5) is 7.86. The summed E-state index contributed by atoms with van der Waals surface area (Å²) < 4.78 is 5.48. The molecule has 0 bridgehead atoms. The maximum Gasteiger partial charge on any atom is 0.322 e. The van der Waals surface area contributed by atoms with Gasteiger partial charge in [0.15, 0.2) is 0 Å². The second kappa shape index (κ2) is 4.49. The molecule has 2 aromatic rings. The van der Waals surface area contributed by atoms with Gasteiger partial charge in [0.1, 0.15) is 5.75 Å². The highest BCUT2D eigenvalue weighted by Crippen LogP contribution is 2.23. The summed E-state index contributed by atoms with van der Waals surface area (Å²) in [5, 5.41) is 8.80. The van der Waals surface area contributed by atoms with Gasteiger partial charge in [0, 0.05) is 0 Å². The predicted molar refractivity (Wildman–Crippen MR) is 62.4 cm³/mol. The fourth-order valence-electron chi connectivity index (χ4n) is 1.26. The van der Waals surface area contributed by atoms with Gasteiger partial charge in [0.05, 0.1) is 29.7 Å². The Hall–Kier alpha value is -2.61. The number of aromatic nitrogens is 2. The van der Waals surface area contributed by atoms with Crippen LogP contribution >= 0.6 is 0 Å². The molecular formula is C12H10N4O. The highest BCUT2D eigenvalue weighted by Gasteiger charge is 2.04. The molecule has 0 radical (unpaired) electrons. The third kappa shape index (κ3) is 2.49. The van der Waals surface area contributed by atoms with Gasteiger partial charge in [0.25, 0.3) is 0 Å². The third-order valence-corrected chi connectivity index (χ3v) is 2.17. The van der Waals surface area contributed by atoms with Gasteiger partial charge in [-0.1, -0.05) is 6.07 Å². The van der Waals surface area contributed by atoms with Crippen LogP contribution in [0.1, 0.15) is 11.1 Å². The highest BCUT2D eigenvalue weighted by atomic mass is 16.5. The summed E-state index contributed by atoms with van der Waals surface area (Å²) in [6.45, 7) is 1.88. The van der Waals surface area contributed by atoms with E-state index in [1.54, 1.807) is 12.1 Å². The summed E-state index contributed by atoms with van der Waals surface area (Å²) in [6, 6.07) is 7.44. The molecule has 0 amide bonds. The van der Waals surface area contributed by atoms with Crippen molar-refractivity contribution in [2.24, 2.45) is 0 Å². The summed E-state index contributed by atoms with van der Waals surface area (Å²) in [6.07, 6.45) is 2.93. The van der Waals surface area contributed by atoms with E-state index in [1.165, 1.54) is 12.4 Å². The van der Waals surface area contributed by atoms with Crippen molar-refractivity contribution < 1.29 is 4.74 Å². The maximum absolute atomic E-state index is 8.80. The van der Waals surface area contributed by atoms with Crippen LogP contribution in [-0.4, -0.2) is 9.97 Å². The van der Waals surface area contributed by atoms with Crippen molar-refractivity contribution >= 4 is 5.69 Å². The number of benzene rings is 1. The topological polar surface area (TPSA) is 84.8 Å². The first kappa shape index (κ1) is 10.9. The molecule has 5 heteroatoms. The maximum atomic E-state index is 8.80. The monoisotopic (exact) mass is 226 g/mol.